The Balaban J connectivity index is 2.00. The van der Waals surface area contributed by atoms with Crippen molar-refractivity contribution in [3.8, 4) is 17.2 Å². The molecule has 1 unspecified atom stereocenters. The summed E-state index contributed by atoms with van der Waals surface area (Å²) in [6, 6.07) is 8.44. The number of fused-ring (bicyclic) bond motifs is 1. The summed E-state index contributed by atoms with van der Waals surface area (Å²) in [5.41, 5.74) is 1.69. The molecule has 0 spiro atoms. The molecule has 1 atom stereocenters. The second kappa shape index (κ2) is 7.29. The number of methoxy groups -OCH3 is 2. The fourth-order valence-electron chi connectivity index (χ4n) is 3.59. The van der Waals surface area contributed by atoms with E-state index in [-0.39, 0.29) is 4.90 Å². The summed E-state index contributed by atoms with van der Waals surface area (Å²) in [6.45, 7) is 7.48. The van der Waals surface area contributed by atoms with Gasteiger partial charge in [0.05, 0.1) is 25.2 Å². The maximum atomic E-state index is 13.2. The molecule has 2 aromatic rings. The van der Waals surface area contributed by atoms with E-state index < -0.39 is 21.7 Å². The minimum atomic E-state index is -3.74. The van der Waals surface area contributed by atoms with Crippen molar-refractivity contribution in [3.63, 3.8) is 0 Å². The molecular weight excluding hydrogens is 378 g/mol. The number of aryl methyl sites for hydroxylation is 2. The zero-order chi connectivity index (χ0) is 20.7. The molecule has 152 valence electrons. The number of nitrogens with one attached hydrogen (secondary N) is 1. The molecule has 7 heteroatoms. The molecule has 0 amide bonds. The van der Waals surface area contributed by atoms with Gasteiger partial charge in [-0.3, -0.25) is 0 Å². The van der Waals surface area contributed by atoms with E-state index in [1.54, 1.807) is 39.3 Å². The summed E-state index contributed by atoms with van der Waals surface area (Å²) in [5.74, 6) is 1.96. The fourth-order valence-corrected chi connectivity index (χ4v) is 5.11. The summed E-state index contributed by atoms with van der Waals surface area (Å²) < 4.78 is 45.9. The van der Waals surface area contributed by atoms with Crippen LogP contribution in [0.2, 0.25) is 0 Å². The predicted molar refractivity (Wildman–Crippen MR) is 108 cm³/mol. The highest BCUT2D eigenvalue weighted by atomic mass is 32.2. The first-order chi connectivity index (χ1) is 13.1. The highest BCUT2D eigenvalue weighted by molar-refractivity contribution is 7.89. The molecule has 1 N–H and O–H groups in total. The Morgan fingerprint density at radius 2 is 1.79 bits per heavy atom. The molecule has 1 aliphatic heterocycles. The Labute approximate surface area is 166 Å². The van der Waals surface area contributed by atoms with Gasteiger partial charge in [0, 0.05) is 18.1 Å². The molecule has 6 nitrogen and oxygen atoms in total. The van der Waals surface area contributed by atoms with Crippen LogP contribution in [0.15, 0.2) is 35.2 Å². The first-order valence-electron chi connectivity index (χ1n) is 9.11. The third-order valence-corrected chi connectivity index (χ3v) is 6.57. The van der Waals surface area contributed by atoms with Crippen LogP contribution in [0.25, 0.3) is 0 Å². The van der Waals surface area contributed by atoms with Crippen molar-refractivity contribution in [2.75, 3.05) is 14.2 Å². The third kappa shape index (κ3) is 3.95. The van der Waals surface area contributed by atoms with Crippen LogP contribution in [-0.2, 0) is 10.0 Å². The molecule has 0 aliphatic carbocycles. The lowest BCUT2D eigenvalue weighted by molar-refractivity contribution is 0.0699. The normalized spacial score (nSPS) is 18.1. The summed E-state index contributed by atoms with van der Waals surface area (Å²) in [7, 11) is -0.578. The van der Waals surface area contributed by atoms with Crippen LogP contribution in [0.1, 0.15) is 43.0 Å². The SMILES string of the molecule is COc1ccc2c(c1)OC(C)(C)CC2NS(=O)(=O)c1cc(C)c(OC)cc1C. The minimum Gasteiger partial charge on any atom is -0.497 e. The van der Waals surface area contributed by atoms with Crippen LogP contribution in [0.5, 0.6) is 17.2 Å². The Morgan fingerprint density at radius 1 is 1.07 bits per heavy atom. The number of hydrogen-bond donors (Lipinski definition) is 1. The molecule has 0 bridgehead atoms. The Morgan fingerprint density at radius 3 is 2.43 bits per heavy atom. The van der Waals surface area contributed by atoms with Gasteiger partial charge in [-0.15, -0.1) is 0 Å². The van der Waals surface area contributed by atoms with Crippen LogP contribution in [0, 0.1) is 13.8 Å². The van der Waals surface area contributed by atoms with Crippen molar-refractivity contribution in [2.45, 2.75) is 50.7 Å². The number of hydrogen-bond acceptors (Lipinski definition) is 5. The van der Waals surface area contributed by atoms with Gasteiger partial charge in [-0.25, -0.2) is 13.1 Å². The molecule has 0 fully saturated rings. The summed E-state index contributed by atoms with van der Waals surface area (Å²) in [5, 5.41) is 0. The van der Waals surface area contributed by atoms with Gasteiger partial charge < -0.3 is 14.2 Å². The van der Waals surface area contributed by atoms with E-state index in [9.17, 15) is 8.42 Å². The van der Waals surface area contributed by atoms with Crippen molar-refractivity contribution >= 4 is 10.0 Å². The van der Waals surface area contributed by atoms with Crippen molar-refractivity contribution in [1.82, 2.24) is 4.72 Å². The zero-order valence-corrected chi connectivity index (χ0v) is 17.9. The van der Waals surface area contributed by atoms with Gasteiger partial charge in [0.1, 0.15) is 22.8 Å². The maximum Gasteiger partial charge on any atom is 0.241 e. The smallest absolute Gasteiger partial charge is 0.241 e. The third-order valence-electron chi connectivity index (χ3n) is 4.96. The van der Waals surface area contributed by atoms with E-state index in [0.29, 0.717) is 29.2 Å². The van der Waals surface area contributed by atoms with Crippen LogP contribution in [0.3, 0.4) is 0 Å². The van der Waals surface area contributed by atoms with Gasteiger partial charge in [-0.1, -0.05) is 6.07 Å². The molecule has 0 saturated carbocycles. The lowest BCUT2D eigenvalue weighted by Gasteiger charge is -2.38. The largest absolute Gasteiger partial charge is 0.497 e. The fraction of sp³-hybridized carbons (Fsp3) is 0.429. The molecule has 2 aromatic carbocycles. The number of benzene rings is 2. The molecule has 3 rings (SSSR count). The highest BCUT2D eigenvalue weighted by Gasteiger charge is 2.36. The molecule has 0 radical (unpaired) electrons. The second-order valence-electron chi connectivity index (χ2n) is 7.73. The first-order valence-corrected chi connectivity index (χ1v) is 10.6. The first kappa shape index (κ1) is 20.5. The van der Waals surface area contributed by atoms with Crippen LogP contribution in [0.4, 0.5) is 0 Å². The van der Waals surface area contributed by atoms with Crippen LogP contribution in [-0.4, -0.2) is 28.2 Å². The van der Waals surface area contributed by atoms with E-state index in [1.165, 1.54) is 0 Å². The molecule has 0 saturated heterocycles. The standard InChI is InChI=1S/C21H27NO5S/c1-13-10-20(14(2)9-18(13)26-6)28(23,24)22-17-12-21(3,4)27-19-11-15(25-5)7-8-16(17)19/h7-11,17,22H,12H2,1-6H3. The van der Waals surface area contributed by atoms with E-state index in [2.05, 4.69) is 4.72 Å². The zero-order valence-electron chi connectivity index (χ0n) is 17.1. The minimum absolute atomic E-state index is 0.255. The molecule has 1 aliphatic rings. The Hall–Kier alpha value is -2.25. The van der Waals surface area contributed by atoms with Gasteiger partial charge in [0.15, 0.2) is 0 Å². The molecule has 1 heterocycles. The van der Waals surface area contributed by atoms with Gasteiger partial charge in [-0.2, -0.15) is 0 Å². The Kier molecular flexibility index (Phi) is 5.34. The highest BCUT2D eigenvalue weighted by Crippen LogP contribution is 2.42. The lowest BCUT2D eigenvalue weighted by atomic mass is 9.90. The topological polar surface area (TPSA) is 73.9 Å². The summed E-state index contributed by atoms with van der Waals surface area (Å²) in [4.78, 5) is 0.255. The van der Waals surface area contributed by atoms with E-state index in [4.69, 9.17) is 14.2 Å². The summed E-state index contributed by atoms with van der Waals surface area (Å²) in [6.07, 6.45) is 0.514. The van der Waals surface area contributed by atoms with E-state index in [1.807, 2.05) is 32.9 Å². The average molecular weight is 406 g/mol. The quantitative estimate of drug-likeness (QED) is 0.817. The lowest BCUT2D eigenvalue weighted by Crippen LogP contribution is -2.41. The number of sulfonamides is 1. The van der Waals surface area contributed by atoms with Crippen molar-refractivity contribution in [3.05, 3.63) is 47.0 Å². The predicted octanol–water partition coefficient (Wildman–Crippen LogP) is 3.90. The monoisotopic (exact) mass is 405 g/mol. The van der Waals surface area contributed by atoms with E-state index in [0.717, 1.165) is 11.1 Å². The van der Waals surface area contributed by atoms with E-state index >= 15 is 0 Å². The summed E-state index contributed by atoms with van der Waals surface area (Å²) >= 11 is 0. The van der Waals surface area contributed by atoms with Crippen molar-refractivity contribution in [1.29, 1.82) is 0 Å². The van der Waals surface area contributed by atoms with Gasteiger partial charge in [-0.05, 0) is 57.0 Å². The molecular formula is C21H27NO5S. The van der Waals surface area contributed by atoms with Crippen LogP contribution >= 0.6 is 0 Å². The van der Waals surface area contributed by atoms with Crippen LogP contribution < -0.4 is 18.9 Å². The maximum absolute atomic E-state index is 13.2. The number of rotatable bonds is 5. The van der Waals surface area contributed by atoms with Crippen molar-refractivity contribution in [2.24, 2.45) is 0 Å². The van der Waals surface area contributed by atoms with Crippen molar-refractivity contribution < 1.29 is 22.6 Å². The molecule has 28 heavy (non-hydrogen) atoms. The molecule has 0 aromatic heterocycles. The second-order valence-corrected chi connectivity index (χ2v) is 9.41. The van der Waals surface area contributed by atoms with Gasteiger partial charge in [0.2, 0.25) is 10.0 Å². The number of ether oxygens (including phenoxy) is 3. The Bertz CT molecular complexity index is 998. The van der Waals surface area contributed by atoms with Gasteiger partial charge >= 0.3 is 0 Å². The van der Waals surface area contributed by atoms with Gasteiger partial charge in [0.25, 0.3) is 0 Å². The average Bonchev–Trinajstić information content (AvgIpc) is 2.61.